The summed E-state index contributed by atoms with van der Waals surface area (Å²) >= 11 is 7.64. The molecule has 1 unspecified atom stereocenters. The Balaban J connectivity index is 1.49. The molecule has 1 atom stereocenters. The van der Waals surface area contributed by atoms with Crippen LogP contribution in [0.4, 0.5) is 0 Å². The highest BCUT2D eigenvalue weighted by Gasteiger charge is 2.11. The molecule has 1 amide bonds. The van der Waals surface area contributed by atoms with E-state index < -0.39 is 0 Å². The third-order valence-corrected chi connectivity index (χ3v) is 5.31. The molecule has 0 fully saturated rings. The number of halogens is 1. The van der Waals surface area contributed by atoms with Crippen molar-refractivity contribution in [2.45, 2.75) is 13.0 Å². The molecule has 0 aliphatic rings. The quantitative estimate of drug-likeness (QED) is 0.500. The van der Waals surface area contributed by atoms with Gasteiger partial charge in [-0.05, 0) is 35.4 Å². The fraction of sp³-hybridized carbons (Fsp3) is 0.100. The number of carbonyl (C=O) groups is 1. The van der Waals surface area contributed by atoms with Gasteiger partial charge in [0.25, 0.3) is 0 Å². The van der Waals surface area contributed by atoms with Gasteiger partial charge in [0.2, 0.25) is 5.91 Å². The summed E-state index contributed by atoms with van der Waals surface area (Å²) < 4.78 is 1.86. The second kappa shape index (κ2) is 6.94. The summed E-state index contributed by atoms with van der Waals surface area (Å²) in [6, 6.07) is 14.3. The Bertz CT molecular complexity index is 1130. The Morgan fingerprint density at radius 1 is 1.27 bits per heavy atom. The maximum absolute atomic E-state index is 12.3. The Morgan fingerprint density at radius 3 is 2.92 bits per heavy atom. The number of imidazole rings is 1. The van der Waals surface area contributed by atoms with Gasteiger partial charge in [-0.1, -0.05) is 48.0 Å². The van der Waals surface area contributed by atoms with E-state index in [0.717, 1.165) is 15.9 Å². The van der Waals surface area contributed by atoms with Crippen LogP contribution >= 0.6 is 22.9 Å². The molecule has 0 aliphatic carbocycles. The molecule has 4 nitrogen and oxygen atoms in total. The lowest BCUT2D eigenvalue weighted by Crippen LogP contribution is -2.24. The van der Waals surface area contributed by atoms with Crippen LogP contribution in [-0.4, -0.2) is 15.3 Å². The van der Waals surface area contributed by atoms with Crippen molar-refractivity contribution in [2.24, 2.45) is 0 Å². The first-order valence-corrected chi connectivity index (χ1v) is 9.46. The maximum Gasteiger partial charge on any atom is 0.244 e. The molecule has 0 aliphatic heterocycles. The predicted molar refractivity (Wildman–Crippen MR) is 108 cm³/mol. The van der Waals surface area contributed by atoms with Crippen molar-refractivity contribution in [1.82, 2.24) is 14.7 Å². The van der Waals surface area contributed by atoms with E-state index in [1.807, 2.05) is 41.1 Å². The van der Waals surface area contributed by atoms with E-state index in [-0.39, 0.29) is 11.9 Å². The lowest BCUT2D eigenvalue weighted by Gasteiger charge is -2.13. The van der Waals surface area contributed by atoms with E-state index in [2.05, 4.69) is 34.6 Å². The molecule has 4 rings (SSSR count). The van der Waals surface area contributed by atoms with Crippen LogP contribution in [0.2, 0.25) is 5.15 Å². The third-order valence-electron chi connectivity index (χ3n) is 4.28. The van der Waals surface area contributed by atoms with E-state index in [9.17, 15) is 4.79 Å². The van der Waals surface area contributed by atoms with E-state index >= 15 is 0 Å². The smallest absolute Gasteiger partial charge is 0.244 e. The predicted octanol–water partition coefficient (Wildman–Crippen LogP) is 5.09. The van der Waals surface area contributed by atoms with Gasteiger partial charge in [0.1, 0.15) is 0 Å². The Kier molecular flexibility index (Phi) is 4.49. The molecule has 0 saturated carbocycles. The normalized spacial score (nSPS) is 12.8. The van der Waals surface area contributed by atoms with Crippen molar-refractivity contribution in [2.75, 3.05) is 0 Å². The highest BCUT2D eigenvalue weighted by Crippen LogP contribution is 2.23. The van der Waals surface area contributed by atoms with Crippen LogP contribution in [0.1, 0.15) is 24.2 Å². The molecule has 4 aromatic rings. The van der Waals surface area contributed by atoms with Crippen molar-refractivity contribution in [3.63, 3.8) is 0 Å². The minimum Gasteiger partial charge on any atom is -0.346 e. The van der Waals surface area contributed by atoms with Crippen molar-refractivity contribution >= 4 is 50.7 Å². The van der Waals surface area contributed by atoms with Crippen LogP contribution in [-0.2, 0) is 4.79 Å². The average Bonchev–Trinajstić information content (AvgIpc) is 3.20. The molecule has 2 aromatic carbocycles. The zero-order valence-electron chi connectivity index (χ0n) is 14.0. The molecule has 0 spiro atoms. The minimum atomic E-state index is -0.174. The zero-order chi connectivity index (χ0) is 18.1. The molecule has 2 aromatic heterocycles. The fourth-order valence-corrected chi connectivity index (χ4v) is 3.91. The van der Waals surface area contributed by atoms with Crippen molar-refractivity contribution in [3.8, 4) is 0 Å². The van der Waals surface area contributed by atoms with E-state index in [4.69, 9.17) is 11.6 Å². The van der Waals surface area contributed by atoms with E-state index in [1.165, 1.54) is 22.8 Å². The van der Waals surface area contributed by atoms with Crippen LogP contribution in [0, 0.1) is 0 Å². The summed E-state index contributed by atoms with van der Waals surface area (Å²) in [6.07, 6.45) is 5.07. The number of thiazole rings is 1. The monoisotopic (exact) mass is 381 g/mol. The van der Waals surface area contributed by atoms with E-state index in [1.54, 1.807) is 6.08 Å². The number of carbonyl (C=O) groups excluding carboxylic acids is 1. The summed E-state index contributed by atoms with van der Waals surface area (Å²) in [5.41, 5.74) is 1.77. The summed E-state index contributed by atoms with van der Waals surface area (Å²) in [5.74, 6) is -0.174. The number of hydrogen-bond acceptors (Lipinski definition) is 3. The van der Waals surface area contributed by atoms with Gasteiger partial charge in [0.05, 0.1) is 11.7 Å². The maximum atomic E-state index is 12.3. The van der Waals surface area contributed by atoms with Crippen LogP contribution in [0.25, 0.3) is 21.8 Å². The Hall–Kier alpha value is -2.63. The van der Waals surface area contributed by atoms with Gasteiger partial charge in [-0.15, -0.1) is 11.3 Å². The number of amides is 1. The van der Waals surface area contributed by atoms with E-state index in [0.29, 0.717) is 10.8 Å². The first-order valence-electron chi connectivity index (χ1n) is 8.20. The Labute approximate surface area is 159 Å². The SMILES string of the molecule is CC(NC(=O)/C=C/c1c(Cl)nc2sccn12)c1ccc2ccccc2c1. The molecular weight excluding hydrogens is 366 g/mol. The molecule has 2 heterocycles. The highest BCUT2D eigenvalue weighted by atomic mass is 35.5. The van der Waals surface area contributed by atoms with Crippen LogP contribution in [0.5, 0.6) is 0 Å². The zero-order valence-corrected chi connectivity index (χ0v) is 15.6. The molecule has 0 radical (unpaired) electrons. The summed E-state index contributed by atoms with van der Waals surface area (Å²) in [5, 5.41) is 7.65. The van der Waals surface area contributed by atoms with Gasteiger partial charge < -0.3 is 5.32 Å². The molecular formula is C20H16ClN3OS. The van der Waals surface area contributed by atoms with Gasteiger partial charge in [-0.25, -0.2) is 4.98 Å². The summed E-state index contributed by atoms with van der Waals surface area (Å²) in [4.78, 5) is 17.4. The van der Waals surface area contributed by atoms with Gasteiger partial charge >= 0.3 is 0 Å². The largest absolute Gasteiger partial charge is 0.346 e. The summed E-state index contributed by atoms with van der Waals surface area (Å²) in [7, 11) is 0. The number of aromatic nitrogens is 2. The number of benzene rings is 2. The second-order valence-corrected chi connectivity index (χ2v) is 7.24. The van der Waals surface area contributed by atoms with Gasteiger partial charge in [0.15, 0.2) is 10.1 Å². The molecule has 1 N–H and O–H groups in total. The molecule has 6 heteroatoms. The third kappa shape index (κ3) is 3.23. The molecule has 0 saturated heterocycles. The number of fused-ring (bicyclic) bond motifs is 2. The van der Waals surface area contributed by atoms with Gasteiger partial charge in [0, 0.05) is 17.7 Å². The van der Waals surface area contributed by atoms with Gasteiger partial charge in [-0.2, -0.15) is 0 Å². The highest BCUT2D eigenvalue weighted by molar-refractivity contribution is 7.15. The fourth-order valence-electron chi connectivity index (χ4n) is 2.90. The number of nitrogens with zero attached hydrogens (tertiary/aromatic N) is 2. The lowest BCUT2D eigenvalue weighted by atomic mass is 10.0. The summed E-state index contributed by atoms with van der Waals surface area (Å²) in [6.45, 7) is 1.97. The standard InChI is InChI=1S/C20H16ClN3OS/c1-13(15-7-6-14-4-2-3-5-16(14)12-15)22-18(25)9-8-17-19(21)23-20-24(17)10-11-26-20/h2-13H,1H3,(H,22,25)/b9-8+. The van der Waals surface area contributed by atoms with Crippen molar-refractivity contribution in [3.05, 3.63) is 76.5 Å². The second-order valence-electron chi connectivity index (χ2n) is 6.01. The van der Waals surface area contributed by atoms with Crippen molar-refractivity contribution < 1.29 is 4.79 Å². The molecule has 0 bridgehead atoms. The molecule has 130 valence electrons. The van der Waals surface area contributed by atoms with Crippen LogP contribution in [0.15, 0.2) is 60.1 Å². The number of rotatable bonds is 4. The van der Waals surface area contributed by atoms with Crippen molar-refractivity contribution in [1.29, 1.82) is 0 Å². The van der Waals surface area contributed by atoms with Gasteiger partial charge in [-0.3, -0.25) is 9.20 Å². The minimum absolute atomic E-state index is 0.0983. The lowest BCUT2D eigenvalue weighted by molar-refractivity contribution is -0.117. The van der Waals surface area contributed by atoms with Crippen LogP contribution < -0.4 is 5.32 Å². The number of nitrogens with one attached hydrogen (secondary N) is 1. The van der Waals surface area contributed by atoms with Crippen LogP contribution in [0.3, 0.4) is 0 Å². The first kappa shape index (κ1) is 16.8. The first-order chi connectivity index (χ1) is 12.6. The number of hydrogen-bond donors (Lipinski definition) is 1. The topological polar surface area (TPSA) is 46.4 Å². The Morgan fingerprint density at radius 2 is 2.08 bits per heavy atom. The average molecular weight is 382 g/mol. The molecule has 26 heavy (non-hydrogen) atoms.